The zero-order valence-electron chi connectivity index (χ0n) is 15.8. The second kappa shape index (κ2) is 13.5. The minimum absolute atomic E-state index is 0.0441. The minimum Gasteiger partial charge on any atom is -0.324 e. The molecule has 1 aromatic rings. The third-order valence-corrected chi connectivity index (χ3v) is 5.37. The molecule has 3 N–H and O–H groups in total. The van der Waals surface area contributed by atoms with E-state index in [1.54, 1.807) is 0 Å². The van der Waals surface area contributed by atoms with Crippen molar-refractivity contribution in [2.75, 3.05) is 12.7 Å². The maximum atomic E-state index is 10.8. The highest BCUT2D eigenvalue weighted by molar-refractivity contribution is 7.51. The van der Waals surface area contributed by atoms with E-state index in [4.69, 9.17) is 9.79 Å². The molecule has 0 aliphatic heterocycles. The van der Waals surface area contributed by atoms with E-state index in [1.807, 2.05) is 0 Å². The van der Waals surface area contributed by atoms with Crippen LogP contribution in [0, 0.1) is 0 Å². The monoisotopic (exact) mass is 369 g/mol. The van der Waals surface area contributed by atoms with Gasteiger partial charge in [0.25, 0.3) is 0 Å². The van der Waals surface area contributed by atoms with Gasteiger partial charge in [-0.15, -0.1) is 0 Å². The molecular formula is C20H36NO3P. The topological polar surface area (TPSA) is 69.6 Å². The van der Waals surface area contributed by atoms with Crippen LogP contribution >= 0.6 is 7.60 Å². The Labute approximate surface area is 153 Å². The number of rotatable bonds is 15. The number of aryl methyl sites for hydroxylation is 1. The summed E-state index contributed by atoms with van der Waals surface area (Å²) in [5.74, 6) is 0. The molecule has 0 saturated carbocycles. The summed E-state index contributed by atoms with van der Waals surface area (Å²) < 4.78 is 10.8. The number of nitrogens with one attached hydrogen (secondary N) is 1. The molecule has 0 aromatic heterocycles. The van der Waals surface area contributed by atoms with Crippen LogP contribution in [0.3, 0.4) is 0 Å². The Balaban J connectivity index is 2.06. The van der Waals surface area contributed by atoms with Crippen molar-refractivity contribution in [3.8, 4) is 0 Å². The first-order valence-corrected chi connectivity index (χ1v) is 11.6. The Morgan fingerprint density at radius 2 is 1.40 bits per heavy atom. The summed E-state index contributed by atoms with van der Waals surface area (Å²) >= 11 is 0. The zero-order chi connectivity index (χ0) is 18.4. The van der Waals surface area contributed by atoms with E-state index < -0.39 is 7.60 Å². The molecular weight excluding hydrogens is 333 g/mol. The van der Waals surface area contributed by atoms with Crippen molar-refractivity contribution in [2.24, 2.45) is 0 Å². The van der Waals surface area contributed by atoms with Crippen LogP contribution in [0.15, 0.2) is 24.3 Å². The van der Waals surface area contributed by atoms with Crippen LogP contribution < -0.4 is 5.32 Å². The fraction of sp³-hybridized carbons (Fsp3) is 0.700. The van der Waals surface area contributed by atoms with Gasteiger partial charge < -0.3 is 15.1 Å². The quantitative estimate of drug-likeness (QED) is 0.300. The van der Waals surface area contributed by atoms with Crippen molar-refractivity contribution in [3.05, 3.63) is 35.4 Å². The fourth-order valence-corrected chi connectivity index (χ4v) is 3.50. The zero-order valence-corrected chi connectivity index (χ0v) is 16.6. The second-order valence-electron chi connectivity index (χ2n) is 6.96. The lowest BCUT2D eigenvalue weighted by Gasteiger charge is -2.07. The molecule has 0 heterocycles. The maximum Gasteiger partial charge on any atom is 0.325 e. The Morgan fingerprint density at radius 1 is 0.840 bits per heavy atom. The van der Waals surface area contributed by atoms with E-state index in [9.17, 15) is 4.57 Å². The van der Waals surface area contributed by atoms with Crippen molar-refractivity contribution in [3.63, 3.8) is 0 Å². The van der Waals surface area contributed by atoms with E-state index in [0.717, 1.165) is 13.0 Å². The summed E-state index contributed by atoms with van der Waals surface area (Å²) in [5.41, 5.74) is 2.62. The fourth-order valence-electron chi connectivity index (χ4n) is 2.93. The second-order valence-corrected chi connectivity index (χ2v) is 8.74. The van der Waals surface area contributed by atoms with Gasteiger partial charge in [-0.1, -0.05) is 76.1 Å². The van der Waals surface area contributed by atoms with Gasteiger partial charge in [-0.2, -0.15) is 0 Å². The Hall–Kier alpha value is -0.670. The van der Waals surface area contributed by atoms with E-state index in [1.165, 1.54) is 62.5 Å². The van der Waals surface area contributed by atoms with Crippen LogP contribution in [0.1, 0.15) is 75.8 Å². The predicted octanol–water partition coefficient (Wildman–Crippen LogP) is 5.03. The highest BCUT2D eigenvalue weighted by atomic mass is 31.2. The van der Waals surface area contributed by atoms with Crippen LogP contribution in [0.4, 0.5) is 0 Å². The van der Waals surface area contributed by atoms with Gasteiger partial charge in [0.1, 0.15) is 0 Å². The molecule has 5 heteroatoms. The van der Waals surface area contributed by atoms with Gasteiger partial charge >= 0.3 is 7.60 Å². The summed E-state index contributed by atoms with van der Waals surface area (Å²) in [4.78, 5) is 17.6. The molecule has 0 radical (unpaired) electrons. The molecule has 4 nitrogen and oxygen atoms in total. The van der Waals surface area contributed by atoms with Gasteiger partial charge in [-0.25, -0.2) is 0 Å². The lowest BCUT2D eigenvalue weighted by molar-refractivity contribution is 0.371. The van der Waals surface area contributed by atoms with Gasteiger partial charge in [0.05, 0.1) is 6.16 Å². The van der Waals surface area contributed by atoms with Crippen LogP contribution in [0.5, 0.6) is 0 Å². The standard InChI is InChI=1S/C20H36NO3P/c1-2-3-4-5-6-7-8-9-11-19-12-14-20(15-13-19)18-21-16-10-17-25(22,23)24/h12-15,21H,2-11,16-18H2,1H3,(H2,22,23,24). The predicted molar refractivity (Wildman–Crippen MR) is 106 cm³/mol. The normalized spacial score (nSPS) is 11.8. The first-order chi connectivity index (χ1) is 12.0. The molecule has 0 atom stereocenters. The maximum absolute atomic E-state index is 10.8. The highest BCUT2D eigenvalue weighted by Gasteiger charge is 2.10. The lowest BCUT2D eigenvalue weighted by Crippen LogP contribution is -2.15. The van der Waals surface area contributed by atoms with Crippen LogP contribution in [0.2, 0.25) is 0 Å². The van der Waals surface area contributed by atoms with Crippen molar-refractivity contribution in [1.82, 2.24) is 5.32 Å². The largest absolute Gasteiger partial charge is 0.325 e. The van der Waals surface area contributed by atoms with Crippen molar-refractivity contribution >= 4 is 7.60 Å². The lowest BCUT2D eigenvalue weighted by atomic mass is 10.0. The summed E-state index contributed by atoms with van der Waals surface area (Å²) in [5, 5.41) is 3.23. The number of hydrogen-bond acceptors (Lipinski definition) is 2. The van der Waals surface area contributed by atoms with E-state index in [0.29, 0.717) is 13.0 Å². The third-order valence-electron chi connectivity index (χ3n) is 4.47. The van der Waals surface area contributed by atoms with Crippen LogP contribution in [-0.4, -0.2) is 22.5 Å². The van der Waals surface area contributed by atoms with Gasteiger partial charge in [-0.05, 0) is 36.9 Å². The summed E-state index contributed by atoms with van der Waals surface area (Å²) in [6.07, 6.45) is 12.4. The summed E-state index contributed by atoms with van der Waals surface area (Å²) in [6, 6.07) is 8.70. The van der Waals surface area contributed by atoms with Crippen LogP contribution in [0.25, 0.3) is 0 Å². The van der Waals surface area contributed by atoms with Gasteiger partial charge in [0.2, 0.25) is 0 Å². The average Bonchev–Trinajstić information content (AvgIpc) is 2.57. The van der Waals surface area contributed by atoms with Gasteiger partial charge in [0.15, 0.2) is 0 Å². The Kier molecular flexibility index (Phi) is 12.1. The molecule has 0 amide bonds. The SMILES string of the molecule is CCCCCCCCCCc1ccc(CNCCCP(=O)(O)O)cc1. The molecule has 0 spiro atoms. The first kappa shape index (κ1) is 22.4. The molecule has 0 fully saturated rings. The van der Waals surface area contributed by atoms with Crippen molar-refractivity contribution in [2.45, 2.75) is 77.7 Å². The van der Waals surface area contributed by atoms with E-state index in [-0.39, 0.29) is 6.16 Å². The van der Waals surface area contributed by atoms with E-state index >= 15 is 0 Å². The molecule has 0 aliphatic carbocycles. The van der Waals surface area contributed by atoms with E-state index in [2.05, 4.69) is 36.5 Å². The summed E-state index contributed by atoms with van der Waals surface area (Å²) in [7, 11) is -3.85. The van der Waals surface area contributed by atoms with Gasteiger partial charge in [0, 0.05) is 6.54 Å². The van der Waals surface area contributed by atoms with Crippen LogP contribution in [-0.2, 0) is 17.5 Å². The number of unbranched alkanes of at least 4 members (excludes halogenated alkanes) is 7. The number of hydrogen-bond donors (Lipinski definition) is 3. The number of benzene rings is 1. The summed E-state index contributed by atoms with van der Waals surface area (Å²) in [6.45, 7) is 3.64. The van der Waals surface area contributed by atoms with Crippen molar-refractivity contribution in [1.29, 1.82) is 0 Å². The third kappa shape index (κ3) is 13.2. The van der Waals surface area contributed by atoms with Gasteiger partial charge in [-0.3, -0.25) is 4.57 Å². The molecule has 144 valence electrons. The molecule has 0 unspecified atom stereocenters. The molecule has 25 heavy (non-hydrogen) atoms. The van der Waals surface area contributed by atoms with Crippen molar-refractivity contribution < 1.29 is 14.4 Å². The highest BCUT2D eigenvalue weighted by Crippen LogP contribution is 2.34. The molecule has 0 saturated heterocycles. The smallest absolute Gasteiger partial charge is 0.324 e. The minimum atomic E-state index is -3.85. The Bertz CT molecular complexity index is 484. The first-order valence-electron chi connectivity index (χ1n) is 9.84. The molecule has 0 bridgehead atoms. The molecule has 0 aliphatic rings. The average molecular weight is 369 g/mol. The molecule has 1 rings (SSSR count). The molecule has 1 aromatic carbocycles. The Morgan fingerprint density at radius 3 is 2.00 bits per heavy atom.